The van der Waals surface area contributed by atoms with Crippen molar-refractivity contribution in [2.75, 3.05) is 62.9 Å². The molecule has 9 nitrogen and oxygen atoms in total. The zero-order valence-electron chi connectivity index (χ0n) is 21.1. The number of aliphatic hydroxyl groups is 1. The zero-order chi connectivity index (χ0) is 27.4. The Bertz CT molecular complexity index is 1140. The van der Waals surface area contributed by atoms with Gasteiger partial charge in [-0.3, -0.25) is 0 Å². The third-order valence-electron chi connectivity index (χ3n) is 6.47. The SMILES string of the molecule is Cc1cc(F)c(NC(=O)N2CCO[C@@H](C(F)(F)F)[C@H]2C)cc1-c1cc(OCCO)nc(N2CCOCC2)c1. The van der Waals surface area contributed by atoms with Crippen LogP contribution in [0.5, 0.6) is 5.88 Å². The minimum atomic E-state index is -4.64. The molecule has 0 unspecified atom stereocenters. The average Bonchev–Trinajstić information content (AvgIpc) is 2.88. The van der Waals surface area contributed by atoms with Crippen LogP contribution in [0, 0.1) is 12.7 Å². The van der Waals surface area contributed by atoms with Crippen LogP contribution in [0.15, 0.2) is 24.3 Å². The molecular weight excluding hydrogens is 512 g/mol. The standard InChI is InChI=1S/C25H30F4N4O5/c1-15-11-19(26)20(30-24(35)33-5-9-38-23(16(33)2)25(27,28)29)14-18(15)17-12-21(32-3-7-36-8-4-32)31-22(13-17)37-10-6-34/h11-14,16,23,34H,3-10H2,1-2H3,(H,30,35)/t16-,23-/m1/s1. The highest BCUT2D eigenvalue weighted by Gasteiger charge is 2.49. The Morgan fingerprint density at radius 3 is 2.61 bits per heavy atom. The van der Waals surface area contributed by atoms with Crippen molar-refractivity contribution in [3.05, 3.63) is 35.6 Å². The van der Waals surface area contributed by atoms with E-state index in [1.807, 2.05) is 4.90 Å². The van der Waals surface area contributed by atoms with Gasteiger partial charge in [0, 0.05) is 25.7 Å². The Hall–Kier alpha value is -3.16. The van der Waals surface area contributed by atoms with Gasteiger partial charge in [-0.1, -0.05) is 0 Å². The van der Waals surface area contributed by atoms with Gasteiger partial charge in [-0.15, -0.1) is 0 Å². The second-order valence-corrected chi connectivity index (χ2v) is 9.07. The van der Waals surface area contributed by atoms with E-state index in [0.29, 0.717) is 48.8 Å². The van der Waals surface area contributed by atoms with Gasteiger partial charge in [0.2, 0.25) is 5.88 Å². The second-order valence-electron chi connectivity index (χ2n) is 9.07. The van der Waals surface area contributed by atoms with Crippen molar-refractivity contribution >= 4 is 17.5 Å². The molecule has 0 aliphatic carbocycles. The van der Waals surface area contributed by atoms with Crippen LogP contribution in [0.3, 0.4) is 0 Å². The highest BCUT2D eigenvalue weighted by atomic mass is 19.4. The summed E-state index contributed by atoms with van der Waals surface area (Å²) in [5.41, 5.74) is 1.57. The number of aromatic nitrogens is 1. The van der Waals surface area contributed by atoms with Crippen LogP contribution in [-0.4, -0.2) is 92.0 Å². The summed E-state index contributed by atoms with van der Waals surface area (Å²) in [5, 5.41) is 11.6. The topological polar surface area (TPSA) is 96.4 Å². The van der Waals surface area contributed by atoms with Crippen LogP contribution < -0.4 is 15.0 Å². The summed E-state index contributed by atoms with van der Waals surface area (Å²) in [4.78, 5) is 20.4. The molecule has 2 saturated heterocycles. The molecule has 1 aromatic heterocycles. The normalized spacial score (nSPS) is 20.4. The number of aryl methyl sites for hydroxylation is 1. The molecule has 2 N–H and O–H groups in total. The van der Waals surface area contributed by atoms with E-state index in [1.165, 1.54) is 19.1 Å². The van der Waals surface area contributed by atoms with Gasteiger partial charge in [0.05, 0.1) is 38.2 Å². The first-order valence-electron chi connectivity index (χ1n) is 12.2. The minimum absolute atomic E-state index is 0.0271. The monoisotopic (exact) mass is 542 g/mol. The summed E-state index contributed by atoms with van der Waals surface area (Å²) in [6.45, 7) is 4.67. The van der Waals surface area contributed by atoms with Crippen LogP contribution in [0.4, 0.5) is 33.9 Å². The summed E-state index contributed by atoms with van der Waals surface area (Å²) in [6, 6.07) is 3.97. The van der Waals surface area contributed by atoms with Crippen molar-refractivity contribution in [1.29, 1.82) is 0 Å². The number of alkyl halides is 3. The van der Waals surface area contributed by atoms with Gasteiger partial charge >= 0.3 is 12.2 Å². The fourth-order valence-corrected chi connectivity index (χ4v) is 4.53. The van der Waals surface area contributed by atoms with E-state index in [2.05, 4.69) is 10.3 Å². The van der Waals surface area contributed by atoms with Gasteiger partial charge in [0.25, 0.3) is 0 Å². The number of carbonyl (C=O) groups excluding carboxylic acids is 1. The van der Waals surface area contributed by atoms with Crippen molar-refractivity contribution < 1.29 is 41.7 Å². The molecule has 0 bridgehead atoms. The molecule has 13 heteroatoms. The molecule has 2 amide bonds. The lowest BCUT2D eigenvalue weighted by atomic mass is 10.00. The lowest BCUT2D eigenvalue weighted by molar-refractivity contribution is -0.246. The van der Waals surface area contributed by atoms with E-state index in [1.54, 1.807) is 19.1 Å². The molecule has 4 rings (SSSR count). The van der Waals surface area contributed by atoms with E-state index in [4.69, 9.17) is 14.2 Å². The second kappa shape index (κ2) is 11.7. The van der Waals surface area contributed by atoms with E-state index in [9.17, 15) is 27.5 Å². The molecule has 0 saturated carbocycles. The predicted octanol–water partition coefficient (Wildman–Crippen LogP) is 3.59. The number of amides is 2. The first kappa shape index (κ1) is 27.9. The quantitative estimate of drug-likeness (QED) is 0.539. The summed E-state index contributed by atoms with van der Waals surface area (Å²) in [6.07, 6.45) is -6.77. The number of urea groups is 1. The lowest BCUT2D eigenvalue weighted by Gasteiger charge is -2.39. The predicted molar refractivity (Wildman–Crippen MR) is 131 cm³/mol. The van der Waals surface area contributed by atoms with E-state index >= 15 is 0 Å². The molecule has 2 aliphatic heterocycles. The molecule has 0 spiro atoms. The summed E-state index contributed by atoms with van der Waals surface area (Å²) >= 11 is 0. The number of ether oxygens (including phenoxy) is 3. The minimum Gasteiger partial charge on any atom is -0.475 e. The number of anilines is 2. The van der Waals surface area contributed by atoms with Gasteiger partial charge < -0.3 is 34.4 Å². The number of nitrogens with one attached hydrogen (secondary N) is 1. The largest absolute Gasteiger partial charge is 0.475 e. The maximum Gasteiger partial charge on any atom is 0.416 e. The first-order valence-corrected chi connectivity index (χ1v) is 12.2. The molecule has 2 aliphatic rings. The van der Waals surface area contributed by atoms with E-state index < -0.39 is 30.2 Å². The fraction of sp³-hybridized carbons (Fsp3) is 0.520. The van der Waals surface area contributed by atoms with Crippen molar-refractivity contribution in [2.45, 2.75) is 32.2 Å². The van der Waals surface area contributed by atoms with Gasteiger partial charge in [-0.2, -0.15) is 18.2 Å². The van der Waals surface area contributed by atoms with Crippen LogP contribution in [0.2, 0.25) is 0 Å². The summed E-state index contributed by atoms with van der Waals surface area (Å²) < 4.78 is 70.6. The number of aliphatic hydroxyl groups excluding tert-OH is 1. The number of carbonyl (C=O) groups is 1. The highest BCUT2D eigenvalue weighted by Crippen LogP contribution is 2.34. The van der Waals surface area contributed by atoms with Crippen molar-refractivity contribution in [2.24, 2.45) is 0 Å². The molecule has 2 aromatic rings. The maximum absolute atomic E-state index is 14.9. The Labute approximate surface area is 217 Å². The Balaban J connectivity index is 1.64. The Morgan fingerprint density at radius 1 is 1.18 bits per heavy atom. The van der Waals surface area contributed by atoms with Gasteiger partial charge in [0.15, 0.2) is 6.10 Å². The number of halogens is 4. The smallest absolute Gasteiger partial charge is 0.416 e. The van der Waals surface area contributed by atoms with Crippen molar-refractivity contribution in [3.63, 3.8) is 0 Å². The number of hydrogen-bond donors (Lipinski definition) is 2. The summed E-state index contributed by atoms with van der Waals surface area (Å²) in [7, 11) is 0. The average molecular weight is 543 g/mol. The van der Waals surface area contributed by atoms with Crippen LogP contribution in [-0.2, 0) is 9.47 Å². The van der Waals surface area contributed by atoms with Gasteiger partial charge in [0.1, 0.15) is 18.2 Å². The molecule has 0 radical (unpaired) electrons. The number of hydrogen-bond acceptors (Lipinski definition) is 7. The fourth-order valence-electron chi connectivity index (χ4n) is 4.53. The first-order chi connectivity index (χ1) is 18.1. The Morgan fingerprint density at radius 2 is 1.92 bits per heavy atom. The van der Waals surface area contributed by atoms with Gasteiger partial charge in [-0.25, -0.2) is 9.18 Å². The van der Waals surface area contributed by atoms with Crippen LogP contribution in [0.25, 0.3) is 11.1 Å². The molecule has 3 heterocycles. The third kappa shape index (κ3) is 6.27. The molecule has 2 fully saturated rings. The Kier molecular flexibility index (Phi) is 8.58. The molecule has 2 atom stereocenters. The van der Waals surface area contributed by atoms with Crippen molar-refractivity contribution in [1.82, 2.24) is 9.88 Å². The highest BCUT2D eigenvalue weighted by molar-refractivity contribution is 5.91. The lowest BCUT2D eigenvalue weighted by Crippen LogP contribution is -2.58. The summed E-state index contributed by atoms with van der Waals surface area (Å²) in [5.74, 6) is 0.133. The molecule has 38 heavy (non-hydrogen) atoms. The molecule has 1 aromatic carbocycles. The van der Waals surface area contributed by atoms with E-state index in [-0.39, 0.29) is 37.9 Å². The number of pyridine rings is 1. The number of rotatable bonds is 6. The van der Waals surface area contributed by atoms with Crippen LogP contribution >= 0.6 is 0 Å². The van der Waals surface area contributed by atoms with Crippen molar-refractivity contribution in [3.8, 4) is 17.0 Å². The van der Waals surface area contributed by atoms with Gasteiger partial charge in [-0.05, 0) is 48.7 Å². The maximum atomic E-state index is 14.9. The van der Waals surface area contributed by atoms with E-state index in [0.717, 1.165) is 4.90 Å². The van der Waals surface area contributed by atoms with Crippen LogP contribution in [0.1, 0.15) is 12.5 Å². The zero-order valence-corrected chi connectivity index (χ0v) is 21.1. The number of benzene rings is 1. The molecule has 208 valence electrons. The number of morpholine rings is 2. The third-order valence-corrected chi connectivity index (χ3v) is 6.47. The molecular formula is C25H30F4N4O5. The number of nitrogens with zero attached hydrogens (tertiary/aromatic N) is 3.